The molecule has 3 rings (SSSR count). The van der Waals surface area contributed by atoms with Gasteiger partial charge in [-0.1, -0.05) is 11.8 Å². The molecule has 2 aliphatic heterocycles. The molecule has 0 fully saturated rings. The van der Waals surface area contributed by atoms with Crippen LogP contribution in [0.5, 0.6) is 0 Å². The van der Waals surface area contributed by atoms with Gasteiger partial charge in [-0.05, 0) is 39.3 Å². The molecule has 1 N–H and O–H groups in total. The van der Waals surface area contributed by atoms with Crippen molar-refractivity contribution in [1.82, 2.24) is 5.32 Å². The Morgan fingerprint density at radius 3 is 2.57 bits per heavy atom. The van der Waals surface area contributed by atoms with Crippen LogP contribution in [0.15, 0.2) is 34.4 Å². The summed E-state index contributed by atoms with van der Waals surface area (Å²) in [4.78, 5) is 36.5. The second-order valence-electron chi connectivity index (χ2n) is 6.78. The van der Waals surface area contributed by atoms with E-state index in [2.05, 4.69) is 5.32 Å². The van der Waals surface area contributed by atoms with Gasteiger partial charge in [0.15, 0.2) is 0 Å². The van der Waals surface area contributed by atoms with Crippen LogP contribution in [0.2, 0.25) is 0 Å². The number of rotatable bonds is 5. The van der Waals surface area contributed by atoms with Crippen LogP contribution >= 0.6 is 11.8 Å². The first-order valence-electron chi connectivity index (χ1n) is 9.03. The van der Waals surface area contributed by atoms with Gasteiger partial charge < -0.3 is 14.8 Å². The lowest BCUT2D eigenvalue weighted by molar-refractivity contribution is -0.385. The van der Waals surface area contributed by atoms with Crippen LogP contribution in [-0.2, 0) is 19.1 Å². The Balaban J connectivity index is 2.25. The summed E-state index contributed by atoms with van der Waals surface area (Å²) in [7, 11) is 0. The molecule has 8 nitrogen and oxygen atoms in total. The van der Waals surface area contributed by atoms with Crippen LogP contribution < -0.4 is 5.32 Å². The van der Waals surface area contributed by atoms with Crippen molar-refractivity contribution in [3.05, 3.63) is 45.1 Å². The van der Waals surface area contributed by atoms with Crippen molar-refractivity contribution in [3.63, 3.8) is 0 Å². The zero-order chi connectivity index (χ0) is 20.6. The number of nitrogens with one attached hydrogen (secondary N) is 1. The predicted molar refractivity (Wildman–Crippen MR) is 103 cm³/mol. The van der Waals surface area contributed by atoms with Crippen molar-refractivity contribution in [3.8, 4) is 0 Å². The van der Waals surface area contributed by atoms with Crippen LogP contribution in [0.4, 0.5) is 5.69 Å². The lowest BCUT2D eigenvalue weighted by Crippen LogP contribution is -2.57. The molecule has 0 aliphatic carbocycles. The molecular weight excluding hydrogens is 384 g/mol. The Bertz CT molecular complexity index is 883. The van der Waals surface area contributed by atoms with Crippen LogP contribution in [0.3, 0.4) is 0 Å². The van der Waals surface area contributed by atoms with E-state index in [-0.39, 0.29) is 18.9 Å². The monoisotopic (exact) mass is 406 g/mol. The van der Waals surface area contributed by atoms with Gasteiger partial charge in [-0.25, -0.2) is 4.79 Å². The molecule has 0 saturated carbocycles. The van der Waals surface area contributed by atoms with Crippen molar-refractivity contribution >= 4 is 29.4 Å². The van der Waals surface area contributed by atoms with E-state index in [1.54, 1.807) is 26.8 Å². The van der Waals surface area contributed by atoms with E-state index in [4.69, 9.17) is 9.47 Å². The highest BCUT2D eigenvalue weighted by Gasteiger charge is 2.56. The molecule has 2 bridgehead atoms. The smallest absolute Gasteiger partial charge is 0.336 e. The standard InChI is InChI=1S/C19H22N2O6S/c1-5-26-17(22)14-10(3)20-19(4)16(18(23)27-6-2)15(14)12-9-11(21(24)25)7-8-13(12)28-19/h7-9,15-16,20H,5-6H2,1-4H3/t15-,16+,19-/m1/s1. The Morgan fingerprint density at radius 2 is 1.96 bits per heavy atom. The summed E-state index contributed by atoms with van der Waals surface area (Å²) in [6.07, 6.45) is 0. The van der Waals surface area contributed by atoms with E-state index in [1.807, 2.05) is 6.92 Å². The van der Waals surface area contributed by atoms with Crippen molar-refractivity contribution in [2.24, 2.45) is 5.92 Å². The minimum absolute atomic E-state index is 0.0926. The van der Waals surface area contributed by atoms with Gasteiger partial charge in [-0.2, -0.15) is 0 Å². The summed E-state index contributed by atoms with van der Waals surface area (Å²) in [6, 6.07) is 4.53. The summed E-state index contributed by atoms with van der Waals surface area (Å²) < 4.78 is 10.5. The number of nitro groups is 1. The van der Waals surface area contributed by atoms with E-state index in [1.165, 1.54) is 23.9 Å². The first-order chi connectivity index (χ1) is 13.2. The normalized spacial score (nSPS) is 25.4. The summed E-state index contributed by atoms with van der Waals surface area (Å²) in [6.45, 7) is 7.42. The van der Waals surface area contributed by atoms with Gasteiger partial charge in [0.2, 0.25) is 0 Å². The number of ether oxygens (including phenoxy) is 2. The fourth-order valence-corrected chi connectivity index (χ4v) is 5.42. The van der Waals surface area contributed by atoms with Crippen LogP contribution in [0.25, 0.3) is 0 Å². The number of carbonyl (C=O) groups excluding carboxylic acids is 2. The quantitative estimate of drug-likeness (QED) is 0.451. The first kappa shape index (κ1) is 20.2. The number of fused-ring (bicyclic) bond motifs is 4. The van der Waals surface area contributed by atoms with Crippen molar-refractivity contribution in [1.29, 1.82) is 0 Å². The van der Waals surface area contributed by atoms with Crippen LogP contribution in [0.1, 0.15) is 39.2 Å². The van der Waals surface area contributed by atoms with Crippen LogP contribution in [0, 0.1) is 16.0 Å². The molecule has 0 spiro atoms. The topological polar surface area (TPSA) is 108 Å². The number of non-ortho nitro benzene ring substituents is 1. The maximum atomic E-state index is 12.9. The molecule has 1 aromatic carbocycles. The molecule has 2 heterocycles. The summed E-state index contributed by atoms with van der Waals surface area (Å²) in [5.41, 5.74) is 1.37. The Labute approximate surface area is 166 Å². The van der Waals surface area contributed by atoms with Gasteiger partial charge in [-0.15, -0.1) is 0 Å². The van der Waals surface area contributed by atoms with Gasteiger partial charge >= 0.3 is 11.9 Å². The van der Waals surface area contributed by atoms with E-state index in [9.17, 15) is 19.7 Å². The minimum Gasteiger partial charge on any atom is -0.466 e. The zero-order valence-electron chi connectivity index (χ0n) is 16.1. The van der Waals surface area contributed by atoms with Gasteiger partial charge in [0, 0.05) is 28.6 Å². The fourth-order valence-electron chi connectivity index (χ4n) is 3.96. The van der Waals surface area contributed by atoms with Crippen molar-refractivity contribution in [2.45, 2.75) is 43.4 Å². The highest BCUT2D eigenvalue weighted by molar-refractivity contribution is 8.00. The van der Waals surface area contributed by atoms with Gasteiger partial charge in [0.05, 0.1) is 28.6 Å². The minimum atomic E-state index is -0.764. The first-order valence-corrected chi connectivity index (χ1v) is 9.85. The van der Waals surface area contributed by atoms with E-state index in [0.29, 0.717) is 16.8 Å². The Kier molecular flexibility index (Phi) is 5.38. The zero-order valence-corrected chi connectivity index (χ0v) is 16.9. The lowest BCUT2D eigenvalue weighted by Gasteiger charge is -2.49. The number of esters is 2. The average molecular weight is 406 g/mol. The molecule has 3 atom stereocenters. The van der Waals surface area contributed by atoms with E-state index >= 15 is 0 Å². The lowest BCUT2D eigenvalue weighted by atomic mass is 9.72. The molecule has 2 aliphatic rings. The maximum Gasteiger partial charge on any atom is 0.336 e. The number of allylic oxidation sites excluding steroid dienone is 1. The largest absolute Gasteiger partial charge is 0.466 e. The Morgan fingerprint density at radius 1 is 1.29 bits per heavy atom. The van der Waals surface area contributed by atoms with Crippen LogP contribution in [-0.4, -0.2) is 34.9 Å². The summed E-state index contributed by atoms with van der Waals surface area (Å²) in [5.74, 6) is -2.43. The number of hydrogen-bond donors (Lipinski definition) is 1. The SMILES string of the molecule is CCOC(=O)C1=C(C)N[C@]2(C)Sc3ccc([N+](=O)[O-])cc3[C@H]1[C@H]2C(=O)OCC. The number of hydrogen-bond acceptors (Lipinski definition) is 8. The number of benzene rings is 1. The molecule has 0 radical (unpaired) electrons. The third-order valence-corrected chi connectivity index (χ3v) is 6.35. The number of thioether (sulfide) groups is 1. The second kappa shape index (κ2) is 7.46. The molecule has 0 saturated heterocycles. The van der Waals surface area contributed by atoms with Gasteiger partial charge in [0.25, 0.3) is 5.69 Å². The second-order valence-corrected chi connectivity index (χ2v) is 8.27. The fraction of sp³-hybridized carbons (Fsp3) is 0.474. The number of carbonyl (C=O) groups is 2. The number of nitro benzene ring substituents is 1. The summed E-state index contributed by atoms with van der Waals surface area (Å²) >= 11 is 1.41. The Hall–Kier alpha value is -2.55. The van der Waals surface area contributed by atoms with Crippen molar-refractivity contribution < 1.29 is 24.0 Å². The molecular formula is C19H22N2O6S. The molecule has 0 amide bonds. The molecule has 0 unspecified atom stereocenters. The van der Waals surface area contributed by atoms with Gasteiger partial charge in [0.1, 0.15) is 5.92 Å². The third-order valence-electron chi connectivity index (χ3n) is 4.97. The van der Waals surface area contributed by atoms with Gasteiger partial charge in [-0.3, -0.25) is 14.9 Å². The predicted octanol–water partition coefficient (Wildman–Crippen LogP) is 3.12. The maximum absolute atomic E-state index is 12.9. The van der Waals surface area contributed by atoms with Crippen molar-refractivity contribution in [2.75, 3.05) is 13.2 Å². The highest BCUT2D eigenvalue weighted by atomic mass is 32.2. The molecule has 150 valence electrons. The highest BCUT2D eigenvalue weighted by Crippen LogP contribution is 2.57. The third kappa shape index (κ3) is 3.23. The van der Waals surface area contributed by atoms with E-state index < -0.39 is 33.6 Å². The number of nitrogens with zero attached hydrogens (tertiary/aromatic N) is 1. The average Bonchev–Trinajstić information content (AvgIpc) is 2.60. The molecule has 28 heavy (non-hydrogen) atoms. The summed E-state index contributed by atoms with van der Waals surface area (Å²) in [5, 5.41) is 14.6. The van der Waals surface area contributed by atoms with E-state index in [0.717, 1.165) is 4.90 Å². The molecule has 0 aromatic heterocycles. The molecule has 9 heteroatoms. The molecule has 1 aromatic rings.